The molecule has 9 heteroatoms. The number of ether oxygens (including phenoxy) is 1. The van der Waals surface area contributed by atoms with Crippen LogP contribution in [0.25, 0.3) is 11.1 Å². The van der Waals surface area contributed by atoms with Gasteiger partial charge in [0.05, 0.1) is 0 Å². The van der Waals surface area contributed by atoms with Crippen molar-refractivity contribution in [1.82, 2.24) is 10.5 Å². The van der Waals surface area contributed by atoms with Crippen LogP contribution in [0.5, 0.6) is 0 Å². The molecule has 3 N–H and O–H groups in total. The number of carboxylic acids is 1. The van der Waals surface area contributed by atoms with Gasteiger partial charge in [-0.05, 0) is 35.1 Å². The Hall–Kier alpha value is -4.14. The molecule has 2 aromatic carbocycles. The molecule has 3 aromatic rings. The summed E-state index contributed by atoms with van der Waals surface area (Å²) in [6, 6.07) is 17.3. The molecule has 2 aliphatic carbocycles. The first-order valence-corrected chi connectivity index (χ1v) is 11.6. The fourth-order valence-corrected chi connectivity index (χ4v) is 5.01. The van der Waals surface area contributed by atoms with Crippen LogP contribution in [0.1, 0.15) is 59.6 Å². The zero-order chi connectivity index (χ0) is 24.4. The van der Waals surface area contributed by atoms with Gasteiger partial charge in [-0.1, -0.05) is 73.0 Å². The number of nitrogens with one attached hydrogen (secondary N) is 2. The Bertz CT molecular complexity index is 1230. The second-order valence-electron chi connectivity index (χ2n) is 8.93. The van der Waals surface area contributed by atoms with Gasteiger partial charge in [-0.3, -0.25) is 10.1 Å². The van der Waals surface area contributed by atoms with Crippen molar-refractivity contribution in [2.75, 3.05) is 11.9 Å². The SMILES string of the molecule is O=C(Nc1cc(C(=O)NC2(C(=O)O)CCCCC2)no1)OCC1c2ccccc2-c2ccccc21. The van der Waals surface area contributed by atoms with Crippen LogP contribution in [0.2, 0.25) is 0 Å². The molecule has 2 aliphatic rings. The van der Waals surface area contributed by atoms with Gasteiger partial charge < -0.3 is 19.7 Å². The van der Waals surface area contributed by atoms with Crippen LogP contribution in [0.15, 0.2) is 59.1 Å². The summed E-state index contributed by atoms with van der Waals surface area (Å²) in [5.41, 5.74) is 3.00. The molecule has 9 nitrogen and oxygen atoms in total. The second kappa shape index (κ2) is 9.25. The van der Waals surface area contributed by atoms with E-state index < -0.39 is 23.5 Å². The molecular weight excluding hydrogens is 450 g/mol. The minimum absolute atomic E-state index is 0.0691. The summed E-state index contributed by atoms with van der Waals surface area (Å²) in [4.78, 5) is 36.8. The number of carboxylic acid groups (broad SMARTS) is 1. The molecule has 1 fully saturated rings. The van der Waals surface area contributed by atoms with E-state index in [4.69, 9.17) is 9.26 Å². The van der Waals surface area contributed by atoms with Gasteiger partial charge in [0.2, 0.25) is 5.88 Å². The Morgan fingerprint density at radius 2 is 1.63 bits per heavy atom. The number of hydrogen-bond donors (Lipinski definition) is 3. The van der Waals surface area contributed by atoms with Crippen molar-refractivity contribution in [1.29, 1.82) is 0 Å². The highest BCUT2D eigenvalue weighted by atomic mass is 16.6. The van der Waals surface area contributed by atoms with Gasteiger partial charge in [0, 0.05) is 12.0 Å². The molecular formula is C26H25N3O6. The molecule has 0 saturated heterocycles. The van der Waals surface area contributed by atoms with Gasteiger partial charge in [-0.25, -0.2) is 9.59 Å². The standard InChI is InChI=1S/C26H25N3O6/c30-23(28-26(24(31)32)12-6-1-7-13-26)21-14-22(35-29-21)27-25(33)34-15-20-18-10-4-2-8-16(18)17-9-3-5-11-19(17)20/h2-5,8-11,14,20H,1,6-7,12-13,15H2,(H,27,33)(H,28,30)(H,31,32). The zero-order valence-electron chi connectivity index (χ0n) is 19.0. The van der Waals surface area contributed by atoms with E-state index in [1.165, 1.54) is 6.07 Å². The summed E-state index contributed by atoms with van der Waals surface area (Å²) < 4.78 is 10.5. The molecule has 0 unspecified atom stereocenters. The number of aromatic nitrogens is 1. The maximum Gasteiger partial charge on any atom is 0.414 e. The fourth-order valence-electron chi connectivity index (χ4n) is 5.01. The molecule has 0 atom stereocenters. The average Bonchev–Trinajstić information content (AvgIpc) is 3.46. The largest absolute Gasteiger partial charge is 0.480 e. The summed E-state index contributed by atoms with van der Waals surface area (Å²) in [6.45, 7) is 0.127. The molecule has 0 aliphatic heterocycles. The van der Waals surface area contributed by atoms with E-state index in [9.17, 15) is 19.5 Å². The molecule has 0 spiro atoms. The van der Waals surface area contributed by atoms with E-state index >= 15 is 0 Å². The van der Waals surface area contributed by atoms with Gasteiger partial charge in [-0.15, -0.1) is 0 Å². The Labute approximate surface area is 201 Å². The van der Waals surface area contributed by atoms with Crippen LogP contribution in [0.4, 0.5) is 10.7 Å². The number of amides is 2. The third-order valence-electron chi connectivity index (χ3n) is 6.78. The molecule has 5 rings (SSSR count). The van der Waals surface area contributed by atoms with Crippen molar-refractivity contribution >= 4 is 23.9 Å². The summed E-state index contributed by atoms with van der Waals surface area (Å²) in [5, 5.41) is 18.3. The Balaban J connectivity index is 1.21. The van der Waals surface area contributed by atoms with Crippen molar-refractivity contribution in [3.63, 3.8) is 0 Å². The third-order valence-corrected chi connectivity index (χ3v) is 6.78. The van der Waals surface area contributed by atoms with E-state index in [0.29, 0.717) is 12.8 Å². The molecule has 0 radical (unpaired) electrons. The lowest BCUT2D eigenvalue weighted by atomic mass is 9.81. The number of aliphatic carboxylic acids is 1. The van der Waals surface area contributed by atoms with Crippen LogP contribution in [-0.4, -0.2) is 40.4 Å². The van der Waals surface area contributed by atoms with Gasteiger partial charge in [0.25, 0.3) is 5.91 Å². The molecule has 180 valence electrons. The van der Waals surface area contributed by atoms with Crippen molar-refractivity contribution < 1.29 is 28.8 Å². The smallest absolute Gasteiger partial charge is 0.414 e. The first kappa shape index (κ1) is 22.6. The minimum Gasteiger partial charge on any atom is -0.480 e. The van der Waals surface area contributed by atoms with E-state index in [1.807, 2.05) is 36.4 Å². The highest BCUT2D eigenvalue weighted by molar-refractivity contribution is 5.97. The Kier molecular flexibility index (Phi) is 5.98. The predicted octanol–water partition coefficient (Wildman–Crippen LogP) is 4.55. The molecule has 0 bridgehead atoms. The first-order chi connectivity index (χ1) is 17.0. The Morgan fingerprint density at radius 3 is 2.26 bits per heavy atom. The van der Waals surface area contributed by atoms with Crippen molar-refractivity contribution in [3.8, 4) is 11.1 Å². The van der Waals surface area contributed by atoms with Crippen molar-refractivity contribution in [2.24, 2.45) is 0 Å². The fraction of sp³-hybridized carbons (Fsp3) is 0.308. The van der Waals surface area contributed by atoms with Crippen LogP contribution in [0, 0.1) is 0 Å². The lowest BCUT2D eigenvalue weighted by Crippen LogP contribution is -2.55. The number of hydrogen-bond acceptors (Lipinski definition) is 6. The minimum atomic E-state index is -1.31. The molecule has 1 saturated carbocycles. The maximum atomic E-state index is 12.6. The molecule has 35 heavy (non-hydrogen) atoms. The monoisotopic (exact) mass is 475 g/mol. The number of rotatable bonds is 6. The summed E-state index contributed by atoms with van der Waals surface area (Å²) in [6.07, 6.45) is 2.35. The summed E-state index contributed by atoms with van der Waals surface area (Å²) >= 11 is 0. The van der Waals surface area contributed by atoms with Gasteiger partial charge in [-0.2, -0.15) is 0 Å². The molecule has 1 heterocycles. The van der Waals surface area contributed by atoms with Crippen LogP contribution in [-0.2, 0) is 9.53 Å². The summed E-state index contributed by atoms with van der Waals surface area (Å²) in [5.74, 6) is -1.89. The van der Waals surface area contributed by atoms with Crippen LogP contribution < -0.4 is 10.6 Å². The number of fused-ring (bicyclic) bond motifs is 3. The quantitative estimate of drug-likeness (QED) is 0.477. The predicted molar refractivity (Wildman–Crippen MR) is 126 cm³/mol. The van der Waals surface area contributed by atoms with Gasteiger partial charge >= 0.3 is 12.1 Å². The van der Waals surface area contributed by atoms with E-state index in [-0.39, 0.29) is 24.1 Å². The number of carbonyl (C=O) groups is 3. The molecule has 1 aromatic heterocycles. The Morgan fingerprint density at radius 1 is 1.00 bits per heavy atom. The lowest BCUT2D eigenvalue weighted by molar-refractivity contribution is -0.145. The van der Waals surface area contributed by atoms with Gasteiger partial charge in [0.1, 0.15) is 12.1 Å². The number of anilines is 1. The molecule has 2 amide bonds. The number of carbonyl (C=O) groups excluding carboxylic acids is 2. The second-order valence-corrected chi connectivity index (χ2v) is 8.93. The third kappa shape index (κ3) is 4.37. The summed E-state index contributed by atoms with van der Waals surface area (Å²) in [7, 11) is 0. The number of nitrogens with zero attached hydrogens (tertiary/aromatic N) is 1. The van der Waals surface area contributed by atoms with Crippen LogP contribution >= 0.6 is 0 Å². The normalized spacial score (nSPS) is 16.1. The highest BCUT2D eigenvalue weighted by Gasteiger charge is 2.41. The maximum absolute atomic E-state index is 12.6. The van der Waals surface area contributed by atoms with Crippen molar-refractivity contribution in [2.45, 2.75) is 43.6 Å². The van der Waals surface area contributed by atoms with E-state index in [0.717, 1.165) is 41.5 Å². The average molecular weight is 476 g/mol. The van der Waals surface area contributed by atoms with Crippen LogP contribution in [0.3, 0.4) is 0 Å². The van der Waals surface area contributed by atoms with Crippen molar-refractivity contribution in [3.05, 3.63) is 71.4 Å². The first-order valence-electron chi connectivity index (χ1n) is 11.6. The van der Waals surface area contributed by atoms with Gasteiger partial charge in [0.15, 0.2) is 5.69 Å². The van der Waals surface area contributed by atoms with E-state index in [1.54, 1.807) is 0 Å². The topological polar surface area (TPSA) is 131 Å². The van der Waals surface area contributed by atoms with E-state index in [2.05, 4.69) is 27.9 Å². The highest BCUT2D eigenvalue weighted by Crippen LogP contribution is 2.44. The lowest BCUT2D eigenvalue weighted by Gasteiger charge is -2.33. The zero-order valence-corrected chi connectivity index (χ0v) is 19.0. The number of benzene rings is 2.